The van der Waals surface area contributed by atoms with Gasteiger partial charge >= 0.3 is 0 Å². The Morgan fingerprint density at radius 2 is 1.74 bits per heavy atom. The molecule has 4 N–H and O–H groups in total. The lowest BCUT2D eigenvalue weighted by atomic mass is 9.96. The van der Waals surface area contributed by atoms with Crippen LogP contribution in [0.3, 0.4) is 0 Å². The number of aromatic amines is 1. The van der Waals surface area contributed by atoms with Gasteiger partial charge in [0.1, 0.15) is 23.8 Å². The van der Waals surface area contributed by atoms with Gasteiger partial charge in [-0.25, -0.2) is 31.5 Å². The zero-order chi connectivity index (χ0) is 30.6. The predicted octanol–water partition coefficient (Wildman–Crippen LogP) is 3.29. The van der Waals surface area contributed by atoms with Gasteiger partial charge < -0.3 is 9.55 Å². The van der Waals surface area contributed by atoms with Crippen molar-refractivity contribution in [1.82, 2.24) is 19.4 Å². The molecule has 0 spiro atoms. The molecule has 0 bridgehead atoms. The van der Waals surface area contributed by atoms with E-state index in [9.17, 15) is 21.2 Å². The summed E-state index contributed by atoms with van der Waals surface area (Å²) in [5.41, 5.74) is 7.63. The molecular formula is C27H28F2N8O4S2. The third-order valence-electron chi connectivity index (χ3n) is 7.50. The van der Waals surface area contributed by atoms with E-state index in [0.29, 0.717) is 29.8 Å². The first-order valence-electron chi connectivity index (χ1n) is 13.3. The SMILES string of the molecule is Cn1cnc(S(=O)(=O)N2C=NC(N)(N3CCCCC3)c3c(-c4ccc(NS(=O)(=O)c5ccc(F)cc5)c(F)c4)c[nH]c32)c1. The lowest BCUT2D eigenvalue weighted by Gasteiger charge is -2.43. The van der Waals surface area contributed by atoms with Crippen LogP contribution in [0.2, 0.25) is 0 Å². The minimum Gasteiger partial charge on any atom is -0.346 e. The summed E-state index contributed by atoms with van der Waals surface area (Å²) < 4.78 is 86.1. The molecule has 0 aliphatic carbocycles. The number of nitrogens with two attached hydrogens (primary N) is 1. The Bertz CT molecular complexity index is 1930. The number of fused-ring (bicyclic) bond motifs is 1. The molecular weight excluding hydrogens is 602 g/mol. The highest BCUT2D eigenvalue weighted by Crippen LogP contribution is 2.44. The zero-order valence-corrected chi connectivity index (χ0v) is 24.5. The Labute approximate surface area is 247 Å². The maximum atomic E-state index is 15.4. The van der Waals surface area contributed by atoms with E-state index in [1.165, 1.54) is 35.4 Å². The number of piperidine rings is 1. The molecule has 2 aliphatic heterocycles. The summed E-state index contributed by atoms with van der Waals surface area (Å²) in [4.78, 5) is 13.3. The summed E-state index contributed by atoms with van der Waals surface area (Å²) in [5, 5.41) is -0.199. The Balaban J connectivity index is 1.42. The molecule has 2 aromatic carbocycles. The van der Waals surface area contributed by atoms with Gasteiger partial charge in [-0.1, -0.05) is 12.5 Å². The van der Waals surface area contributed by atoms with E-state index >= 15 is 4.39 Å². The van der Waals surface area contributed by atoms with Crippen LogP contribution in [0.1, 0.15) is 24.8 Å². The monoisotopic (exact) mass is 630 g/mol. The van der Waals surface area contributed by atoms with Crippen molar-refractivity contribution < 1.29 is 25.6 Å². The van der Waals surface area contributed by atoms with Gasteiger partial charge in [0.25, 0.3) is 20.0 Å². The number of imidazole rings is 1. The van der Waals surface area contributed by atoms with Crippen LogP contribution < -0.4 is 14.8 Å². The van der Waals surface area contributed by atoms with Crippen LogP contribution in [0.4, 0.5) is 20.3 Å². The molecule has 0 radical (unpaired) electrons. The number of aromatic nitrogens is 3. The normalized spacial score (nSPS) is 19.4. The molecule has 1 unspecified atom stereocenters. The van der Waals surface area contributed by atoms with Gasteiger partial charge in [0.05, 0.1) is 22.5 Å². The van der Waals surface area contributed by atoms with Crippen LogP contribution >= 0.6 is 0 Å². The molecule has 16 heteroatoms. The number of rotatable bonds is 7. The molecule has 6 rings (SSSR count). The van der Waals surface area contributed by atoms with Crippen molar-refractivity contribution in [2.45, 2.75) is 35.0 Å². The number of aliphatic imine (C=N–C) groups is 1. The average Bonchev–Trinajstić information content (AvgIpc) is 3.63. The molecule has 1 saturated heterocycles. The molecule has 43 heavy (non-hydrogen) atoms. The van der Waals surface area contributed by atoms with Crippen LogP contribution in [0, 0.1) is 11.6 Å². The number of anilines is 2. The minimum absolute atomic E-state index is 0.130. The maximum Gasteiger partial charge on any atom is 0.289 e. The number of nitrogens with one attached hydrogen (secondary N) is 2. The highest BCUT2D eigenvalue weighted by molar-refractivity contribution is 7.93. The second-order valence-corrected chi connectivity index (χ2v) is 13.8. The van der Waals surface area contributed by atoms with E-state index < -0.39 is 37.5 Å². The number of H-pyrrole nitrogens is 1. The van der Waals surface area contributed by atoms with E-state index in [1.54, 1.807) is 7.05 Å². The van der Waals surface area contributed by atoms with Gasteiger partial charge in [-0.05, 0) is 54.8 Å². The molecule has 1 atom stereocenters. The fraction of sp³-hybridized carbons (Fsp3) is 0.259. The van der Waals surface area contributed by atoms with Crippen LogP contribution in [0.15, 0.2) is 76.1 Å². The lowest BCUT2D eigenvalue weighted by Crippen LogP contribution is -2.56. The third-order valence-corrected chi connectivity index (χ3v) is 10.4. The van der Waals surface area contributed by atoms with Gasteiger partial charge in [0, 0.05) is 38.1 Å². The van der Waals surface area contributed by atoms with Crippen molar-refractivity contribution in [2.75, 3.05) is 22.1 Å². The summed E-state index contributed by atoms with van der Waals surface area (Å²) in [6, 6.07) is 7.99. The zero-order valence-electron chi connectivity index (χ0n) is 22.9. The molecule has 0 amide bonds. The van der Waals surface area contributed by atoms with Gasteiger partial charge in [-0.15, -0.1) is 0 Å². The van der Waals surface area contributed by atoms with Crippen LogP contribution in [-0.2, 0) is 32.9 Å². The Kier molecular flexibility index (Phi) is 7.11. The Morgan fingerprint density at radius 3 is 2.40 bits per heavy atom. The number of halogens is 2. The number of nitrogens with zero attached hydrogens (tertiary/aromatic N) is 5. The van der Waals surface area contributed by atoms with Crippen LogP contribution in [0.25, 0.3) is 11.1 Å². The van der Waals surface area contributed by atoms with Crippen LogP contribution in [0.5, 0.6) is 0 Å². The second-order valence-electron chi connectivity index (χ2n) is 10.4. The van der Waals surface area contributed by atoms with E-state index in [-0.39, 0.29) is 21.4 Å². The lowest BCUT2D eigenvalue weighted by molar-refractivity contribution is 0.0761. The molecule has 2 aliphatic rings. The molecule has 0 saturated carbocycles. The van der Waals surface area contributed by atoms with Crippen molar-refractivity contribution in [3.05, 3.63) is 78.4 Å². The third kappa shape index (κ3) is 5.09. The molecule has 226 valence electrons. The van der Waals surface area contributed by atoms with Crippen molar-refractivity contribution in [1.29, 1.82) is 0 Å². The van der Waals surface area contributed by atoms with Gasteiger partial charge in [-0.2, -0.15) is 8.42 Å². The largest absolute Gasteiger partial charge is 0.346 e. The van der Waals surface area contributed by atoms with Crippen LogP contribution in [-0.4, -0.2) is 55.7 Å². The first-order chi connectivity index (χ1) is 20.4. The van der Waals surface area contributed by atoms with Gasteiger partial charge in [-0.3, -0.25) is 15.4 Å². The Morgan fingerprint density at radius 1 is 1.02 bits per heavy atom. The van der Waals surface area contributed by atoms with Crippen molar-refractivity contribution in [3.8, 4) is 11.1 Å². The summed E-state index contributed by atoms with van der Waals surface area (Å²) >= 11 is 0. The summed E-state index contributed by atoms with van der Waals surface area (Å²) in [6.07, 6.45) is 8.17. The molecule has 4 heterocycles. The van der Waals surface area contributed by atoms with Gasteiger partial charge in [0.2, 0.25) is 0 Å². The highest BCUT2D eigenvalue weighted by Gasteiger charge is 2.46. The number of hydrogen-bond donors (Lipinski definition) is 3. The first-order valence-corrected chi connectivity index (χ1v) is 16.2. The van der Waals surface area contributed by atoms with Crippen molar-refractivity contribution >= 4 is 37.9 Å². The molecule has 12 nitrogen and oxygen atoms in total. The predicted molar refractivity (Wildman–Crippen MR) is 156 cm³/mol. The average molecular weight is 631 g/mol. The fourth-order valence-electron chi connectivity index (χ4n) is 5.31. The van der Waals surface area contributed by atoms with Crippen molar-refractivity contribution in [3.63, 3.8) is 0 Å². The molecule has 1 fully saturated rings. The quantitative estimate of drug-likeness (QED) is 0.283. The topological polar surface area (TPSA) is 159 Å². The van der Waals surface area contributed by atoms with E-state index in [4.69, 9.17) is 5.73 Å². The summed E-state index contributed by atoms with van der Waals surface area (Å²) in [5.74, 6) is -2.85. The molecule has 4 aromatic rings. The number of likely N-dealkylation sites (tertiary alicyclic amines) is 1. The standard InChI is InChI=1S/C27H28F2N8O4S2/c1-35-15-24(32-16-35)43(40,41)37-17-33-27(30,36-11-3-2-4-12-36)25-21(14-31-26(25)37)18-5-10-23(22(29)13-18)34-42(38,39)20-8-6-19(28)7-9-20/h5-10,13-17,31,34H,2-4,11-12,30H2,1H3. The fourth-order valence-corrected chi connectivity index (χ4v) is 7.62. The smallest absolute Gasteiger partial charge is 0.289 e. The van der Waals surface area contributed by atoms with E-state index in [0.717, 1.165) is 60.2 Å². The first kappa shape index (κ1) is 29.0. The number of aryl methyl sites for hydroxylation is 1. The maximum absolute atomic E-state index is 15.4. The van der Waals surface area contributed by atoms with E-state index in [1.807, 2.05) is 4.90 Å². The second kappa shape index (κ2) is 10.6. The minimum atomic E-state index is -4.20. The Hall–Kier alpha value is -4.12. The number of hydrogen-bond acceptors (Lipinski definition) is 8. The molecule has 2 aromatic heterocycles. The van der Waals surface area contributed by atoms with Crippen molar-refractivity contribution in [2.24, 2.45) is 17.8 Å². The number of sulfonamides is 2. The van der Waals surface area contributed by atoms with E-state index in [2.05, 4.69) is 19.7 Å². The van der Waals surface area contributed by atoms with Gasteiger partial charge in [0.15, 0.2) is 10.8 Å². The summed E-state index contributed by atoms with van der Waals surface area (Å²) in [7, 11) is -6.75. The summed E-state index contributed by atoms with van der Waals surface area (Å²) in [6.45, 7) is 1.23. The number of benzene rings is 2. The highest BCUT2D eigenvalue weighted by atomic mass is 32.2.